The van der Waals surface area contributed by atoms with Crippen LogP contribution in [0.25, 0.3) is 0 Å². The van der Waals surface area contributed by atoms with Crippen LogP contribution in [0.4, 0.5) is 5.13 Å². The summed E-state index contributed by atoms with van der Waals surface area (Å²) in [6.07, 6.45) is 1.78. The van der Waals surface area contributed by atoms with Crippen LogP contribution in [0.3, 0.4) is 0 Å². The van der Waals surface area contributed by atoms with Crippen LogP contribution in [0.15, 0.2) is 114 Å². The van der Waals surface area contributed by atoms with Crippen molar-refractivity contribution in [1.82, 2.24) is 14.8 Å². The number of nitrogens with zero attached hydrogens (tertiary/aromatic N) is 4. The second-order valence-corrected chi connectivity index (χ2v) is 9.37. The van der Waals surface area contributed by atoms with E-state index in [0.717, 1.165) is 16.7 Å². The van der Waals surface area contributed by atoms with Gasteiger partial charge < -0.3 is 15.3 Å². The Bertz CT molecular complexity index is 1440. The highest BCUT2D eigenvalue weighted by molar-refractivity contribution is 7.14. The Kier molecular flexibility index (Phi) is 7.28. The molecule has 38 heavy (non-hydrogen) atoms. The summed E-state index contributed by atoms with van der Waals surface area (Å²) < 4.78 is 1.64. The van der Waals surface area contributed by atoms with Gasteiger partial charge in [0.1, 0.15) is 16.9 Å². The molecule has 5 aromatic rings. The molecule has 8 nitrogen and oxygen atoms in total. The lowest BCUT2D eigenvalue weighted by atomic mass is 9.77. The van der Waals surface area contributed by atoms with E-state index in [0.29, 0.717) is 10.8 Å². The molecule has 5 rings (SSSR count). The first-order chi connectivity index (χ1) is 18.6. The van der Waals surface area contributed by atoms with Crippen molar-refractivity contribution in [1.29, 1.82) is 0 Å². The van der Waals surface area contributed by atoms with Crippen LogP contribution in [0.2, 0.25) is 0 Å². The van der Waals surface area contributed by atoms with Crippen LogP contribution in [0, 0.1) is 0 Å². The Morgan fingerprint density at radius 1 is 0.947 bits per heavy atom. The van der Waals surface area contributed by atoms with Gasteiger partial charge in [-0.05, 0) is 22.8 Å². The van der Waals surface area contributed by atoms with Gasteiger partial charge in [-0.1, -0.05) is 96.2 Å². The summed E-state index contributed by atoms with van der Waals surface area (Å²) in [5.41, 5.74) is 2.82. The van der Waals surface area contributed by atoms with Gasteiger partial charge in [-0.2, -0.15) is 5.10 Å². The Morgan fingerprint density at radius 2 is 1.50 bits per heavy atom. The maximum absolute atomic E-state index is 12.0. The summed E-state index contributed by atoms with van der Waals surface area (Å²) in [7, 11) is 1.79. The number of aliphatic carboxylic acids is 1. The number of anilines is 1. The SMILES string of the molecule is Cn1ccc(CON=C(C(=O)O)c2csc(NC(c3ccccc3)(c3ccccc3)c3ccccc3)n2)n1. The lowest BCUT2D eigenvalue weighted by Gasteiger charge is -2.36. The fourth-order valence-electron chi connectivity index (χ4n) is 4.28. The van der Waals surface area contributed by atoms with Crippen molar-refractivity contribution in [3.05, 3.63) is 137 Å². The highest BCUT2D eigenvalue weighted by atomic mass is 32.1. The molecule has 0 bridgehead atoms. The third kappa shape index (κ3) is 5.18. The minimum absolute atomic E-state index is 0.0476. The quantitative estimate of drug-likeness (QED) is 0.147. The predicted octanol–water partition coefficient (Wildman–Crippen LogP) is 5.29. The van der Waals surface area contributed by atoms with Gasteiger partial charge in [0.2, 0.25) is 5.71 Å². The number of nitrogens with one attached hydrogen (secondary N) is 1. The molecule has 2 heterocycles. The predicted molar refractivity (Wildman–Crippen MR) is 147 cm³/mol. The van der Waals surface area contributed by atoms with Gasteiger partial charge in [0.15, 0.2) is 11.7 Å². The highest BCUT2D eigenvalue weighted by Crippen LogP contribution is 2.40. The van der Waals surface area contributed by atoms with Gasteiger partial charge in [-0.3, -0.25) is 4.68 Å². The normalized spacial score (nSPS) is 11.8. The molecule has 0 atom stereocenters. The smallest absolute Gasteiger partial charge is 0.360 e. The number of carbonyl (C=O) groups is 1. The molecule has 0 radical (unpaired) electrons. The molecular weight excluding hydrogens is 498 g/mol. The summed E-state index contributed by atoms with van der Waals surface area (Å²) in [5, 5.41) is 23.7. The average molecular weight is 524 g/mol. The molecule has 3 aromatic carbocycles. The molecule has 0 saturated carbocycles. The topological polar surface area (TPSA) is 102 Å². The lowest BCUT2D eigenvalue weighted by Crippen LogP contribution is -2.38. The molecule has 9 heteroatoms. The molecule has 2 aromatic heterocycles. The fraction of sp³-hybridized carbons (Fsp3) is 0.103. The lowest BCUT2D eigenvalue weighted by molar-refractivity contribution is -0.129. The van der Waals surface area contributed by atoms with Crippen molar-refractivity contribution >= 4 is 28.1 Å². The van der Waals surface area contributed by atoms with Gasteiger partial charge in [-0.25, -0.2) is 9.78 Å². The second kappa shape index (κ2) is 11.1. The number of rotatable bonds is 10. The summed E-state index contributed by atoms with van der Waals surface area (Å²) in [6.45, 7) is 0.0476. The summed E-state index contributed by atoms with van der Waals surface area (Å²) in [5.74, 6) is -1.23. The molecule has 0 aliphatic rings. The Labute approximate surface area is 223 Å². The molecule has 2 N–H and O–H groups in total. The maximum atomic E-state index is 12.0. The molecule has 0 unspecified atom stereocenters. The van der Waals surface area contributed by atoms with Crippen molar-refractivity contribution in [3.8, 4) is 0 Å². The van der Waals surface area contributed by atoms with Crippen LogP contribution >= 0.6 is 11.3 Å². The van der Waals surface area contributed by atoms with Gasteiger partial charge in [0.25, 0.3) is 0 Å². The Morgan fingerprint density at radius 3 is 1.97 bits per heavy atom. The molecular formula is C29H25N5O3S. The van der Waals surface area contributed by atoms with Gasteiger partial charge >= 0.3 is 5.97 Å². The average Bonchev–Trinajstić information content (AvgIpc) is 3.59. The van der Waals surface area contributed by atoms with E-state index >= 15 is 0 Å². The van der Waals surface area contributed by atoms with Crippen LogP contribution in [0.1, 0.15) is 28.1 Å². The standard InChI is InChI=1S/C29H25N5O3S/c1-34-18-17-24(32-34)19-37-33-26(27(35)36)25-20-38-28(30-25)31-29(21-11-5-2-6-12-21,22-13-7-3-8-14-22)23-15-9-4-10-16-23/h2-18,20H,19H2,1H3,(H,30,31)(H,35,36). The van der Waals surface area contributed by atoms with E-state index in [4.69, 9.17) is 4.84 Å². The van der Waals surface area contributed by atoms with Crippen molar-refractivity contribution < 1.29 is 14.7 Å². The van der Waals surface area contributed by atoms with Crippen LogP contribution < -0.4 is 5.32 Å². The van der Waals surface area contributed by atoms with Gasteiger partial charge in [0, 0.05) is 18.6 Å². The summed E-state index contributed by atoms with van der Waals surface area (Å²) in [6, 6.07) is 32.1. The molecule has 0 saturated heterocycles. The number of carboxylic acids is 1. The van der Waals surface area contributed by atoms with E-state index in [-0.39, 0.29) is 18.0 Å². The minimum Gasteiger partial charge on any atom is -0.476 e. The first kappa shape index (κ1) is 24.9. The molecule has 0 amide bonds. The van der Waals surface area contributed by atoms with E-state index in [1.807, 2.05) is 54.6 Å². The number of aryl methyl sites for hydroxylation is 1. The maximum Gasteiger partial charge on any atom is 0.360 e. The van der Waals surface area contributed by atoms with E-state index < -0.39 is 11.5 Å². The van der Waals surface area contributed by atoms with E-state index in [1.165, 1.54) is 11.3 Å². The summed E-state index contributed by atoms with van der Waals surface area (Å²) >= 11 is 1.30. The second-order valence-electron chi connectivity index (χ2n) is 8.51. The molecule has 190 valence electrons. The number of oxime groups is 1. The minimum atomic E-state index is -1.23. The van der Waals surface area contributed by atoms with Crippen molar-refractivity contribution in [2.75, 3.05) is 5.32 Å². The van der Waals surface area contributed by atoms with Crippen LogP contribution in [-0.4, -0.2) is 31.6 Å². The zero-order chi connectivity index (χ0) is 26.4. The van der Waals surface area contributed by atoms with Gasteiger partial charge in [0.05, 0.1) is 0 Å². The Balaban J connectivity index is 1.53. The molecule has 0 aliphatic carbocycles. The van der Waals surface area contributed by atoms with Crippen LogP contribution in [-0.2, 0) is 28.8 Å². The molecule has 0 aliphatic heterocycles. The van der Waals surface area contributed by atoms with Crippen LogP contribution in [0.5, 0.6) is 0 Å². The first-order valence-corrected chi connectivity index (χ1v) is 12.8. The van der Waals surface area contributed by atoms with E-state index in [9.17, 15) is 9.90 Å². The number of aromatic nitrogens is 3. The number of carboxylic acid groups (broad SMARTS) is 1. The van der Waals surface area contributed by atoms with Gasteiger partial charge in [-0.15, -0.1) is 11.3 Å². The number of thiazole rings is 1. The molecule has 0 fully saturated rings. The zero-order valence-electron chi connectivity index (χ0n) is 20.6. The number of hydrogen-bond acceptors (Lipinski definition) is 7. The zero-order valence-corrected chi connectivity index (χ0v) is 21.4. The largest absolute Gasteiger partial charge is 0.476 e. The van der Waals surface area contributed by atoms with Crippen molar-refractivity contribution in [3.63, 3.8) is 0 Å². The van der Waals surface area contributed by atoms with Crippen molar-refractivity contribution in [2.45, 2.75) is 12.1 Å². The summed E-state index contributed by atoms with van der Waals surface area (Å²) in [4.78, 5) is 21.9. The Hall–Kier alpha value is -4.76. The third-order valence-electron chi connectivity index (χ3n) is 6.00. The fourth-order valence-corrected chi connectivity index (χ4v) is 5.03. The first-order valence-electron chi connectivity index (χ1n) is 11.9. The van der Waals surface area contributed by atoms with Crippen molar-refractivity contribution in [2.24, 2.45) is 12.2 Å². The number of benzene rings is 3. The van der Waals surface area contributed by atoms with E-state index in [2.05, 4.69) is 57.0 Å². The third-order valence-corrected chi connectivity index (χ3v) is 6.76. The molecule has 0 spiro atoms. The van der Waals surface area contributed by atoms with E-state index in [1.54, 1.807) is 29.4 Å². The number of hydrogen-bond donors (Lipinski definition) is 2. The monoisotopic (exact) mass is 523 g/mol. The highest BCUT2D eigenvalue weighted by Gasteiger charge is 2.37.